The molecule has 0 aliphatic rings. The Hall–Kier alpha value is -1.79. The number of Topliss-reactive ketones (excluding diaryl/α,β-unsaturated/α-hetero) is 1. The van der Waals surface area contributed by atoms with Crippen molar-refractivity contribution in [3.63, 3.8) is 0 Å². The first-order valence-electron chi connectivity index (χ1n) is 5.30. The Morgan fingerprint density at radius 2 is 1.68 bits per heavy atom. The number of hydrogen-bond donors (Lipinski definition) is 0. The van der Waals surface area contributed by atoms with Gasteiger partial charge in [0.25, 0.3) is 0 Å². The van der Waals surface area contributed by atoms with E-state index in [1.54, 1.807) is 0 Å². The van der Waals surface area contributed by atoms with E-state index in [9.17, 15) is 22.4 Å². The largest absolute Gasteiger partial charge is 0.493 e. The third kappa shape index (κ3) is 4.11. The van der Waals surface area contributed by atoms with Crippen molar-refractivity contribution in [2.45, 2.75) is 19.0 Å². The molecule has 0 fully saturated rings. The van der Waals surface area contributed by atoms with Crippen LogP contribution in [0.4, 0.5) is 17.6 Å². The molecule has 0 bridgehead atoms. The molecule has 0 heterocycles. The number of alkyl halides is 3. The van der Waals surface area contributed by atoms with Gasteiger partial charge in [-0.05, 0) is 6.07 Å². The van der Waals surface area contributed by atoms with Gasteiger partial charge in [0.05, 0.1) is 26.2 Å². The van der Waals surface area contributed by atoms with Crippen molar-refractivity contribution < 1.29 is 31.8 Å². The van der Waals surface area contributed by atoms with Crippen LogP contribution in [0.3, 0.4) is 0 Å². The number of benzene rings is 1. The molecule has 7 heteroatoms. The molecule has 1 aromatic rings. The summed E-state index contributed by atoms with van der Waals surface area (Å²) in [5.41, 5.74) is -0.443. The van der Waals surface area contributed by atoms with Crippen LogP contribution in [0.1, 0.15) is 23.2 Å². The molecule has 0 spiro atoms. The second kappa shape index (κ2) is 5.90. The molecule has 19 heavy (non-hydrogen) atoms. The van der Waals surface area contributed by atoms with Gasteiger partial charge in [-0.2, -0.15) is 13.2 Å². The molecule has 0 atom stereocenters. The zero-order valence-electron chi connectivity index (χ0n) is 10.3. The fraction of sp³-hybridized carbons (Fsp3) is 0.417. The van der Waals surface area contributed by atoms with Crippen LogP contribution in [0, 0.1) is 5.82 Å². The number of ketones is 1. The van der Waals surface area contributed by atoms with E-state index >= 15 is 0 Å². The zero-order chi connectivity index (χ0) is 14.6. The maximum atomic E-state index is 13.6. The summed E-state index contributed by atoms with van der Waals surface area (Å²) in [7, 11) is 2.56. The predicted octanol–water partition coefficient (Wildman–Crippen LogP) is 3.37. The van der Waals surface area contributed by atoms with Gasteiger partial charge in [-0.25, -0.2) is 4.39 Å². The van der Waals surface area contributed by atoms with E-state index < -0.39 is 36.2 Å². The summed E-state index contributed by atoms with van der Waals surface area (Å²) in [6, 6.07) is 1.94. The highest BCUT2D eigenvalue weighted by molar-refractivity contribution is 5.97. The zero-order valence-corrected chi connectivity index (χ0v) is 10.3. The molecular weight excluding hydrogens is 268 g/mol. The van der Waals surface area contributed by atoms with Gasteiger partial charge in [-0.3, -0.25) is 4.79 Å². The number of hydrogen-bond acceptors (Lipinski definition) is 3. The minimum Gasteiger partial charge on any atom is -0.493 e. The first-order chi connectivity index (χ1) is 8.78. The normalized spacial score (nSPS) is 11.3. The molecule has 0 aliphatic carbocycles. The number of ether oxygens (including phenoxy) is 2. The van der Waals surface area contributed by atoms with Gasteiger partial charge in [0, 0.05) is 12.5 Å². The number of carbonyl (C=O) groups is 1. The molecule has 0 saturated carbocycles. The summed E-state index contributed by atoms with van der Waals surface area (Å²) in [5.74, 6) is -1.73. The molecular formula is C12H12F4O3. The Morgan fingerprint density at radius 3 is 2.16 bits per heavy atom. The van der Waals surface area contributed by atoms with E-state index in [2.05, 4.69) is 0 Å². The minimum atomic E-state index is -4.46. The summed E-state index contributed by atoms with van der Waals surface area (Å²) >= 11 is 0. The monoisotopic (exact) mass is 280 g/mol. The Kier molecular flexibility index (Phi) is 4.74. The standard InChI is InChI=1S/C12H12F4O3/c1-18-10-5-7(8(13)6-11(10)19-2)9(17)3-4-12(14,15)16/h5-6H,3-4H2,1-2H3. The lowest BCUT2D eigenvalue weighted by atomic mass is 10.0. The predicted molar refractivity (Wildman–Crippen MR) is 59.1 cm³/mol. The Morgan fingerprint density at radius 1 is 1.16 bits per heavy atom. The van der Waals surface area contributed by atoms with Crippen molar-refractivity contribution in [1.29, 1.82) is 0 Å². The van der Waals surface area contributed by atoms with Crippen LogP contribution in [0.2, 0.25) is 0 Å². The smallest absolute Gasteiger partial charge is 0.389 e. The third-order valence-electron chi connectivity index (χ3n) is 2.41. The lowest BCUT2D eigenvalue weighted by Gasteiger charge is -2.11. The van der Waals surface area contributed by atoms with Gasteiger partial charge in [0.2, 0.25) is 0 Å². The van der Waals surface area contributed by atoms with Crippen molar-refractivity contribution in [3.8, 4) is 11.5 Å². The average Bonchev–Trinajstić information content (AvgIpc) is 2.34. The van der Waals surface area contributed by atoms with Gasteiger partial charge in [-0.1, -0.05) is 0 Å². The van der Waals surface area contributed by atoms with Gasteiger partial charge in [0.15, 0.2) is 17.3 Å². The summed E-state index contributed by atoms with van der Waals surface area (Å²) in [5, 5.41) is 0. The van der Waals surface area contributed by atoms with Crippen LogP contribution in [-0.4, -0.2) is 26.2 Å². The summed E-state index contributed by atoms with van der Waals surface area (Å²) in [4.78, 5) is 11.5. The number of methoxy groups -OCH3 is 2. The van der Waals surface area contributed by atoms with Crippen molar-refractivity contribution in [3.05, 3.63) is 23.5 Å². The Labute approximate surface area is 107 Å². The first-order valence-corrected chi connectivity index (χ1v) is 5.30. The molecule has 3 nitrogen and oxygen atoms in total. The van der Waals surface area contributed by atoms with E-state index in [0.717, 1.165) is 12.1 Å². The molecule has 1 rings (SSSR count). The van der Waals surface area contributed by atoms with Crippen LogP contribution >= 0.6 is 0 Å². The molecule has 106 valence electrons. The second-order valence-corrected chi connectivity index (χ2v) is 3.73. The molecule has 0 N–H and O–H groups in total. The summed E-state index contributed by atoms with van der Waals surface area (Å²) in [6.45, 7) is 0. The minimum absolute atomic E-state index is 0.0624. The van der Waals surface area contributed by atoms with E-state index in [4.69, 9.17) is 9.47 Å². The quantitative estimate of drug-likeness (QED) is 0.612. The van der Waals surface area contributed by atoms with E-state index in [1.807, 2.05) is 0 Å². The molecule has 0 aliphatic heterocycles. The molecule has 0 radical (unpaired) electrons. The molecule has 0 amide bonds. The van der Waals surface area contributed by atoms with E-state index in [1.165, 1.54) is 14.2 Å². The maximum Gasteiger partial charge on any atom is 0.389 e. The van der Waals surface area contributed by atoms with Crippen molar-refractivity contribution >= 4 is 5.78 Å². The van der Waals surface area contributed by atoms with Crippen molar-refractivity contribution in [1.82, 2.24) is 0 Å². The lowest BCUT2D eigenvalue weighted by molar-refractivity contribution is -0.133. The van der Waals surface area contributed by atoms with Gasteiger partial charge >= 0.3 is 6.18 Å². The lowest BCUT2D eigenvalue weighted by Crippen LogP contribution is -2.12. The Bertz CT molecular complexity index is 469. The molecule has 0 unspecified atom stereocenters. The topological polar surface area (TPSA) is 35.5 Å². The van der Waals surface area contributed by atoms with E-state index in [0.29, 0.717) is 0 Å². The summed E-state index contributed by atoms with van der Waals surface area (Å²) < 4.78 is 59.3. The van der Waals surface area contributed by atoms with Crippen LogP contribution in [-0.2, 0) is 0 Å². The fourth-order valence-corrected chi connectivity index (χ4v) is 1.46. The highest BCUT2D eigenvalue weighted by Gasteiger charge is 2.29. The van der Waals surface area contributed by atoms with Crippen LogP contribution < -0.4 is 9.47 Å². The third-order valence-corrected chi connectivity index (χ3v) is 2.41. The van der Waals surface area contributed by atoms with Crippen LogP contribution in [0.15, 0.2) is 12.1 Å². The number of rotatable bonds is 5. The van der Waals surface area contributed by atoms with E-state index in [-0.39, 0.29) is 11.5 Å². The number of halogens is 4. The van der Waals surface area contributed by atoms with Gasteiger partial charge in [0.1, 0.15) is 5.82 Å². The second-order valence-electron chi connectivity index (χ2n) is 3.73. The molecule has 0 saturated heterocycles. The summed E-state index contributed by atoms with van der Waals surface area (Å²) in [6.07, 6.45) is -6.56. The molecule has 1 aromatic carbocycles. The van der Waals surface area contributed by atoms with Gasteiger partial charge in [-0.15, -0.1) is 0 Å². The fourth-order valence-electron chi connectivity index (χ4n) is 1.46. The first kappa shape index (κ1) is 15.3. The average molecular weight is 280 g/mol. The van der Waals surface area contributed by atoms with Crippen LogP contribution in [0.5, 0.6) is 11.5 Å². The van der Waals surface area contributed by atoms with Crippen molar-refractivity contribution in [2.75, 3.05) is 14.2 Å². The highest BCUT2D eigenvalue weighted by Crippen LogP contribution is 2.31. The van der Waals surface area contributed by atoms with Gasteiger partial charge < -0.3 is 9.47 Å². The Balaban J connectivity index is 2.97. The van der Waals surface area contributed by atoms with Crippen molar-refractivity contribution in [2.24, 2.45) is 0 Å². The maximum absolute atomic E-state index is 13.6. The van der Waals surface area contributed by atoms with Crippen LogP contribution in [0.25, 0.3) is 0 Å². The highest BCUT2D eigenvalue weighted by atomic mass is 19.4. The SMILES string of the molecule is COc1cc(F)c(C(=O)CCC(F)(F)F)cc1OC. The molecule has 0 aromatic heterocycles. The number of carbonyl (C=O) groups excluding carboxylic acids is 1.